The molecule has 5 nitrogen and oxygen atoms in total. The van der Waals surface area contributed by atoms with Crippen LogP contribution < -0.4 is 5.32 Å². The van der Waals surface area contributed by atoms with E-state index >= 15 is 0 Å². The number of rotatable bonds is 5. The summed E-state index contributed by atoms with van der Waals surface area (Å²) in [6.45, 7) is 1.61. The molecule has 2 aromatic rings. The average Bonchev–Trinajstić information content (AvgIpc) is 2.86. The van der Waals surface area contributed by atoms with Gasteiger partial charge in [-0.25, -0.2) is 17.8 Å². The third-order valence-electron chi connectivity index (χ3n) is 2.76. The van der Waals surface area contributed by atoms with Crippen LogP contribution in [0.15, 0.2) is 30.5 Å². The van der Waals surface area contributed by atoms with Crippen molar-refractivity contribution < 1.29 is 17.6 Å². The molecule has 1 amide bonds. The van der Waals surface area contributed by atoms with Crippen LogP contribution in [0.4, 0.5) is 4.39 Å². The lowest BCUT2D eigenvalue weighted by molar-refractivity contribution is 0.0947. The van der Waals surface area contributed by atoms with Gasteiger partial charge in [-0.3, -0.25) is 4.79 Å². The number of carbonyl (C=O) groups is 1. The number of carbonyl (C=O) groups excluding carboxylic acids is 1. The van der Waals surface area contributed by atoms with Gasteiger partial charge in [0.2, 0.25) is 0 Å². The molecule has 0 radical (unpaired) electrons. The van der Waals surface area contributed by atoms with Gasteiger partial charge in [-0.1, -0.05) is 12.1 Å². The Balaban J connectivity index is 2.11. The van der Waals surface area contributed by atoms with Crippen molar-refractivity contribution in [3.63, 3.8) is 0 Å². The van der Waals surface area contributed by atoms with E-state index in [1.165, 1.54) is 12.3 Å². The van der Waals surface area contributed by atoms with Crippen LogP contribution in [0.25, 0.3) is 10.6 Å². The number of hydrogen-bond donors (Lipinski definition) is 1. The Morgan fingerprint density at radius 2 is 2.09 bits per heavy atom. The summed E-state index contributed by atoms with van der Waals surface area (Å²) < 4.78 is 36.0. The number of hydrogen-bond acceptors (Lipinski definition) is 5. The summed E-state index contributed by atoms with van der Waals surface area (Å²) in [7, 11) is -3.17. The van der Waals surface area contributed by atoms with E-state index in [-0.39, 0.29) is 5.75 Å². The van der Waals surface area contributed by atoms with E-state index in [0.29, 0.717) is 15.4 Å². The molecule has 0 aliphatic rings. The molecule has 2 rings (SSSR count). The van der Waals surface area contributed by atoms with Gasteiger partial charge in [0, 0.05) is 17.9 Å². The molecule has 8 heteroatoms. The molecule has 0 saturated heterocycles. The van der Waals surface area contributed by atoms with Crippen LogP contribution in [0.3, 0.4) is 0 Å². The number of thiazole rings is 1. The molecule has 1 heterocycles. The Hall–Kier alpha value is -1.80. The summed E-state index contributed by atoms with van der Waals surface area (Å²) in [5.74, 6) is -0.969. The van der Waals surface area contributed by atoms with Crippen molar-refractivity contribution in [3.05, 3.63) is 41.2 Å². The SMILES string of the molecule is CC(CS(C)(=O)=O)NC(=O)c1cnc(-c2ccccc2F)s1. The highest BCUT2D eigenvalue weighted by Crippen LogP contribution is 2.27. The normalized spacial score (nSPS) is 12.9. The Labute approximate surface area is 132 Å². The van der Waals surface area contributed by atoms with E-state index in [1.54, 1.807) is 25.1 Å². The van der Waals surface area contributed by atoms with Crippen molar-refractivity contribution in [2.75, 3.05) is 12.0 Å². The van der Waals surface area contributed by atoms with E-state index in [9.17, 15) is 17.6 Å². The molecule has 118 valence electrons. The number of nitrogens with zero attached hydrogens (tertiary/aromatic N) is 1. The van der Waals surface area contributed by atoms with E-state index in [0.717, 1.165) is 17.6 Å². The lowest BCUT2D eigenvalue weighted by Gasteiger charge is -2.11. The minimum Gasteiger partial charge on any atom is -0.348 e. The standard InChI is InChI=1S/C14H15FN2O3S2/c1-9(8-22(2,19)20)17-13(18)12-7-16-14(21-12)10-5-3-4-6-11(10)15/h3-7,9H,8H2,1-2H3,(H,17,18). The zero-order chi connectivity index (χ0) is 16.3. The third kappa shape index (κ3) is 4.35. The first kappa shape index (κ1) is 16.6. The Kier molecular flexibility index (Phi) is 4.92. The number of aromatic nitrogens is 1. The predicted molar refractivity (Wildman–Crippen MR) is 84.1 cm³/mol. The van der Waals surface area contributed by atoms with Crippen molar-refractivity contribution in [2.24, 2.45) is 0 Å². The number of halogens is 1. The molecule has 0 bridgehead atoms. The minimum atomic E-state index is -3.17. The molecule has 1 aromatic carbocycles. The molecule has 0 aliphatic heterocycles. The van der Waals surface area contributed by atoms with Gasteiger partial charge in [-0.2, -0.15) is 0 Å². The number of amides is 1. The van der Waals surface area contributed by atoms with Crippen LogP contribution in [0.5, 0.6) is 0 Å². The summed E-state index contributed by atoms with van der Waals surface area (Å²) in [4.78, 5) is 16.4. The van der Waals surface area contributed by atoms with Gasteiger partial charge in [0.15, 0.2) is 0 Å². The topological polar surface area (TPSA) is 76.1 Å². The summed E-state index contributed by atoms with van der Waals surface area (Å²) in [6.07, 6.45) is 2.47. The molecule has 1 unspecified atom stereocenters. The second-order valence-corrected chi connectivity index (χ2v) is 8.19. The first-order valence-electron chi connectivity index (χ1n) is 6.45. The van der Waals surface area contributed by atoms with Crippen LogP contribution in [0, 0.1) is 5.82 Å². The quantitative estimate of drug-likeness (QED) is 0.903. The van der Waals surface area contributed by atoms with Gasteiger partial charge in [0.05, 0.1) is 11.9 Å². The highest BCUT2D eigenvalue weighted by molar-refractivity contribution is 7.90. The Morgan fingerprint density at radius 1 is 1.41 bits per heavy atom. The van der Waals surface area contributed by atoms with Crippen LogP contribution in [0.2, 0.25) is 0 Å². The lowest BCUT2D eigenvalue weighted by atomic mass is 10.2. The fourth-order valence-electron chi connectivity index (χ4n) is 1.93. The van der Waals surface area contributed by atoms with Crippen LogP contribution >= 0.6 is 11.3 Å². The molecule has 1 atom stereocenters. The molecule has 1 N–H and O–H groups in total. The first-order chi connectivity index (χ1) is 10.3. The first-order valence-corrected chi connectivity index (χ1v) is 9.33. The maximum atomic E-state index is 13.7. The third-order valence-corrected chi connectivity index (χ3v) is 4.90. The Bertz CT molecular complexity index is 787. The fraction of sp³-hybridized carbons (Fsp3) is 0.286. The number of nitrogens with one attached hydrogen (secondary N) is 1. The number of sulfone groups is 1. The zero-order valence-electron chi connectivity index (χ0n) is 12.0. The average molecular weight is 342 g/mol. The van der Waals surface area contributed by atoms with Crippen molar-refractivity contribution in [1.29, 1.82) is 0 Å². The maximum absolute atomic E-state index is 13.7. The molecule has 0 fully saturated rings. The van der Waals surface area contributed by atoms with E-state index in [2.05, 4.69) is 10.3 Å². The number of benzene rings is 1. The van der Waals surface area contributed by atoms with Gasteiger partial charge in [0.25, 0.3) is 5.91 Å². The Morgan fingerprint density at radius 3 is 2.73 bits per heavy atom. The molecule has 1 aromatic heterocycles. The second-order valence-electron chi connectivity index (χ2n) is 4.98. The van der Waals surface area contributed by atoms with E-state index in [4.69, 9.17) is 0 Å². The van der Waals surface area contributed by atoms with Crippen molar-refractivity contribution in [3.8, 4) is 10.6 Å². The van der Waals surface area contributed by atoms with Crippen molar-refractivity contribution >= 4 is 27.1 Å². The maximum Gasteiger partial charge on any atom is 0.263 e. The second kappa shape index (κ2) is 6.53. The highest BCUT2D eigenvalue weighted by Gasteiger charge is 2.17. The van der Waals surface area contributed by atoms with Crippen LogP contribution in [-0.2, 0) is 9.84 Å². The van der Waals surface area contributed by atoms with Gasteiger partial charge in [0.1, 0.15) is 25.5 Å². The van der Waals surface area contributed by atoms with E-state index < -0.39 is 27.6 Å². The largest absolute Gasteiger partial charge is 0.348 e. The minimum absolute atomic E-state index is 0.141. The highest BCUT2D eigenvalue weighted by atomic mass is 32.2. The molecular weight excluding hydrogens is 327 g/mol. The lowest BCUT2D eigenvalue weighted by Crippen LogP contribution is -2.36. The van der Waals surface area contributed by atoms with Gasteiger partial charge < -0.3 is 5.32 Å². The molecule has 0 aliphatic carbocycles. The van der Waals surface area contributed by atoms with Crippen LogP contribution in [0.1, 0.15) is 16.6 Å². The smallest absolute Gasteiger partial charge is 0.263 e. The zero-order valence-corrected chi connectivity index (χ0v) is 13.7. The molecule has 0 saturated carbocycles. The fourth-order valence-corrected chi connectivity index (χ4v) is 3.77. The van der Waals surface area contributed by atoms with Gasteiger partial charge in [-0.15, -0.1) is 11.3 Å². The molecule has 22 heavy (non-hydrogen) atoms. The van der Waals surface area contributed by atoms with Crippen molar-refractivity contribution in [1.82, 2.24) is 10.3 Å². The van der Waals surface area contributed by atoms with Gasteiger partial charge in [-0.05, 0) is 19.1 Å². The van der Waals surface area contributed by atoms with E-state index in [1.807, 2.05) is 0 Å². The van der Waals surface area contributed by atoms with Crippen molar-refractivity contribution in [2.45, 2.75) is 13.0 Å². The summed E-state index contributed by atoms with van der Waals surface area (Å²) in [5, 5.41) is 2.99. The predicted octanol–water partition coefficient (Wildman–Crippen LogP) is 2.11. The summed E-state index contributed by atoms with van der Waals surface area (Å²) >= 11 is 1.06. The summed E-state index contributed by atoms with van der Waals surface area (Å²) in [6, 6.07) is 5.66. The monoisotopic (exact) mass is 342 g/mol. The molecular formula is C14H15FN2O3S2. The summed E-state index contributed by atoms with van der Waals surface area (Å²) in [5.41, 5.74) is 0.329. The van der Waals surface area contributed by atoms with Gasteiger partial charge >= 0.3 is 0 Å². The van der Waals surface area contributed by atoms with Crippen LogP contribution in [-0.4, -0.2) is 37.4 Å². The molecule has 0 spiro atoms.